The molecule has 0 saturated carbocycles. The van der Waals surface area contributed by atoms with E-state index in [1.807, 2.05) is 0 Å². The molecule has 1 heterocycles. The van der Waals surface area contributed by atoms with Crippen LogP contribution in [0.1, 0.15) is 6.92 Å². The number of benzene rings is 1. The molecular formula is C13H18N2O2. The van der Waals surface area contributed by atoms with Crippen LogP contribution < -0.4 is 10.2 Å². The molecule has 0 aromatic heterocycles. The number of rotatable bonds is 2. The Morgan fingerprint density at radius 1 is 1.35 bits per heavy atom. The number of nitrogens with zero attached hydrogens (tertiary/aromatic N) is 1. The van der Waals surface area contributed by atoms with Gasteiger partial charge < -0.3 is 15.3 Å². The molecule has 0 unspecified atom stereocenters. The van der Waals surface area contributed by atoms with Crippen LogP contribution >= 0.6 is 0 Å². The number of phenolic OH excluding ortho intramolecular Hbond substituents is 1. The van der Waals surface area contributed by atoms with Crippen LogP contribution in [0.5, 0.6) is 5.75 Å². The summed E-state index contributed by atoms with van der Waals surface area (Å²) < 4.78 is 0. The van der Waals surface area contributed by atoms with Gasteiger partial charge in [0.1, 0.15) is 5.75 Å². The van der Waals surface area contributed by atoms with Gasteiger partial charge in [-0.05, 0) is 36.7 Å². The minimum atomic E-state index is 0.0498. The summed E-state index contributed by atoms with van der Waals surface area (Å²) in [6.07, 6.45) is 0. The Labute approximate surface area is 101 Å². The van der Waals surface area contributed by atoms with Gasteiger partial charge >= 0.3 is 0 Å². The highest BCUT2D eigenvalue weighted by Gasteiger charge is 2.31. The standard InChI is InChI=1S/C13H18N2O2/c1-9-7-14-8-12(9)13(17)15(2)10-3-5-11(16)6-4-10/h3-6,9,12,14,16H,7-8H2,1-2H3/t9-,12-/m1/s1. The van der Waals surface area contributed by atoms with Crippen LogP contribution in [0.15, 0.2) is 24.3 Å². The monoisotopic (exact) mass is 234 g/mol. The molecule has 1 saturated heterocycles. The van der Waals surface area contributed by atoms with Gasteiger partial charge in [0.2, 0.25) is 5.91 Å². The summed E-state index contributed by atoms with van der Waals surface area (Å²) in [6.45, 7) is 3.75. The quantitative estimate of drug-likeness (QED) is 0.808. The molecule has 2 rings (SSSR count). The van der Waals surface area contributed by atoms with Gasteiger partial charge in [0.05, 0.1) is 5.92 Å². The molecule has 0 radical (unpaired) electrons. The summed E-state index contributed by atoms with van der Waals surface area (Å²) in [5.41, 5.74) is 0.812. The molecule has 2 N–H and O–H groups in total. The fourth-order valence-electron chi connectivity index (χ4n) is 2.19. The summed E-state index contributed by atoms with van der Waals surface area (Å²) in [5.74, 6) is 0.773. The lowest BCUT2D eigenvalue weighted by atomic mass is 9.96. The molecule has 0 bridgehead atoms. The molecule has 4 heteroatoms. The zero-order valence-corrected chi connectivity index (χ0v) is 10.2. The number of carbonyl (C=O) groups excluding carboxylic acids is 1. The number of phenols is 1. The van der Waals surface area contributed by atoms with E-state index in [0.717, 1.165) is 18.8 Å². The number of amides is 1. The van der Waals surface area contributed by atoms with E-state index in [2.05, 4.69) is 12.2 Å². The van der Waals surface area contributed by atoms with Gasteiger partial charge in [-0.15, -0.1) is 0 Å². The average molecular weight is 234 g/mol. The molecule has 1 fully saturated rings. The summed E-state index contributed by atoms with van der Waals surface area (Å²) in [7, 11) is 1.78. The third-order valence-electron chi connectivity index (χ3n) is 3.40. The SMILES string of the molecule is C[C@@H]1CNC[C@H]1C(=O)N(C)c1ccc(O)cc1. The second-order valence-electron chi connectivity index (χ2n) is 4.66. The highest BCUT2D eigenvalue weighted by Crippen LogP contribution is 2.23. The van der Waals surface area contributed by atoms with Crippen LogP contribution in [0, 0.1) is 11.8 Å². The van der Waals surface area contributed by atoms with Crippen molar-refractivity contribution in [3.8, 4) is 5.75 Å². The molecule has 4 nitrogen and oxygen atoms in total. The molecule has 0 aliphatic carbocycles. The molecule has 1 aliphatic heterocycles. The van der Waals surface area contributed by atoms with Crippen molar-refractivity contribution in [1.29, 1.82) is 0 Å². The Balaban J connectivity index is 2.11. The lowest BCUT2D eigenvalue weighted by molar-refractivity contribution is -0.122. The molecule has 92 valence electrons. The second-order valence-corrected chi connectivity index (χ2v) is 4.66. The Morgan fingerprint density at radius 2 is 2.00 bits per heavy atom. The number of hydrogen-bond donors (Lipinski definition) is 2. The van der Waals surface area contributed by atoms with Crippen molar-refractivity contribution in [3.63, 3.8) is 0 Å². The van der Waals surface area contributed by atoms with Crippen molar-refractivity contribution >= 4 is 11.6 Å². The fraction of sp³-hybridized carbons (Fsp3) is 0.462. The molecule has 17 heavy (non-hydrogen) atoms. The Morgan fingerprint density at radius 3 is 2.53 bits per heavy atom. The number of hydrogen-bond acceptors (Lipinski definition) is 3. The van der Waals surface area contributed by atoms with E-state index in [9.17, 15) is 9.90 Å². The largest absolute Gasteiger partial charge is 0.508 e. The van der Waals surface area contributed by atoms with Crippen LogP contribution in [0.4, 0.5) is 5.69 Å². The van der Waals surface area contributed by atoms with E-state index in [1.54, 1.807) is 36.2 Å². The van der Waals surface area contributed by atoms with Gasteiger partial charge in [0, 0.05) is 19.3 Å². The van der Waals surface area contributed by atoms with Crippen LogP contribution in [-0.4, -0.2) is 31.2 Å². The zero-order chi connectivity index (χ0) is 12.4. The van der Waals surface area contributed by atoms with Gasteiger partial charge in [-0.25, -0.2) is 0 Å². The molecular weight excluding hydrogens is 216 g/mol. The highest BCUT2D eigenvalue weighted by molar-refractivity contribution is 5.95. The molecule has 0 spiro atoms. The molecule has 1 aromatic rings. The van der Waals surface area contributed by atoms with Crippen molar-refractivity contribution in [2.45, 2.75) is 6.92 Å². The van der Waals surface area contributed by atoms with E-state index >= 15 is 0 Å². The van der Waals surface area contributed by atoms with Gasteiger partial charge in [0.25, 0.3) is 0 Å². The van der Waals surface area contributed by atoms with Crippen molar-refractivity contribution in [3.05, 3.63) is 24.3 Å². The smallest absolute Gasteiger partial charge is 0.231 e. The van der Waals surface area contributed by atoms with Gasteiger partial charge in [-0.1, -0.05) is 6.92 Å². The van der Waals surface area contributed by atoms with E-state index in [-0.39, 0.29) is 17.6 Å². The maximum Gasteiger partial charge on any atom is 0.231 e. The van der Waals surface area contributed by atoms with Crippen molar-refractivity contribution in [2.24, 2.45) is 11.8 Å². The molecule has 1 amide bonds. The third-order valence-corrected chi connectivity index (χ3v) is 3.40. The van der Waals surface area contributed by atoms with E-state index in [4.69, 9.17) is 0 Å². The first-order chi connectivity index (χ1) is 8.09. The number of carbonyl (C=O) groups is 1. The lowest BCUT2D eigenvalue weighted by Gasteiger charge is -2.23. The molecule has 1 aromatic carbocycles. The van der Waals surface area contributed by atoms with Gasteiger partial charge in [-0.3, -0.25) is 4.79 Å². The first-order valence-electron chi connectivity index (χ1n) is 5.87. The topological polar surface area (TPSA) is 52.6 Å². The van der Waals surface area contributed by atoms with Crippen LogP contribution in [0.2, 0.25) is 0 Å². The minimum absolute atomic E-state index is 0.0498. The van der Waals surface area contributed by atoms with E-state index in [0.29, 0.717) is 5.92 Å². The molecule has 2 atom stereocenters. The predicted molar refractivity (Wildman–Crippen MR) is 67.0 cm³/mol. The fourth-order valence-corrected chi connectivity index (χ4v) is 2.19. The lowest BCUT2D eigenvalue weighted by Crippen LogP contribution is -2.36. The van der Waals surface area contributed by atoms with Gasteiger partial charge in [-0.2, -0.15) is 0 Å². The summed E-state index contributed by atoms with van der Waals surface area (Å²) in [6, 6.07) is 6.69. The number of aromatic hydroxyl groups is 1. The summed E-state index contributed by atoms with van der Waals surface area (Å²) in [4.78, 5) is 13.9. The Kier molecular flexibility index (Phi) is 3.33. The van der Waals surface area contributed by atoms with Crippen molar-refractivity contribution in [2.75, 3.05) is 25.0 Å². The summed E-state index contributed by atoms with van der Waals surface area (Å²) >= 11 is 0. The third kappa shape index (κ3) is 2.42. The van der Waals surface area contributed by atoms with Crippen molar-refractivity contribution < 1.29 is 9.90 Å². The second kappa shape index (κ2) is 4.75. The minimum Gasteiger partial charge on any atom is -0.508 e. The van der Waals surface area contributed by atoms with Crippen LogP contribution in [0.25, 0.3) is 0 Å². The normalized spacial score (nSPS) is 23.6. The first kappa shape index (κ1) is 11.9. The Bertz CT molecular complexity index is 402. The maximum absolute atomic E-state index is 12.3. The first-order valence-corrected chi connectivity index (χ1v) is 5.87. The van der Waals surface area contributed by atoms with E-state index in [1.165, 1.54) is 0 Å². The average Bonchev–Trinajstić information content (AvgIpc) is 2.74. The molecule has 1 aliphatic rings. The number of nitrogens with one attached hydrogen (secondary N) is 1. The van der Waals surface area contributed by atoms with Crippen molar-refractivity contribution in [1.82, 2.24) is 5.32 Å². The zero-order valence-electron chi connectivity index (χ0n) is 10.2. The van der Waals surface area contributed by atoms with Crippen LogP contribution in [0.3, 0.4) is 0 Å². The van der Waals surface area contributed by atoms with Crippen LogP contribution in [-0.2, 0) is 4.79 Å². The maximum atomic E-state index is 12.3. The number of anilines is 1. The van der Waals surface area contributed by atoms with Gasteiger partial charge in [0.15, 0.2) is 0 Å². The highest BCUT2D eigenvalue weighted by atomic mass is 16.3. The van der Waals surface area contributed by atoms with E-state index < -0.39 is 0 Å². The summed E-state index contributed by atoms with van der Waals surface area (Å²) in [5, 5.41) is 12.4. The Hall–Kier alpha value is -1.55. The predicted octanol–water partition coefficient (Wildman–Crippen LogP) is 1.21.